The van der Waals surface area contributed by atoms with Crippen LogP contribution in [0.2, 0.25) is 0 Å². The third kappa shape index (κ3) is 3.03. The molecule has 0 saturated carbocycles. The molecular formula is C12H21NO2. The maximum atomic E-state index is 5.36. The summed E-state index contributed by atoms with van der Waals surface area (Å²) < 4.78 is 10.7. The molecule has 0 aliphatic carbocycles. The van der Waals surface area contributed by atoms with Gasteiger partial charge in [0.2, 0.25) is 0 Å². The number of ether oxygens (including phenoxy) is 2. The van der Waals surface area contributed by atoms with Gasteiger partial charge in [0, 0.05) is 12.5 Å². The van der Waals surface area contributed by atoms with Crippen LogP contribution in [0.1, 0.15) is 12.8 Å². The van der Waals surface area contributed by atoms with Crippen LogP contribution in [0.15, 0.2) is 12.7 Å². The molecule has 2 rings (SSSR count). The average molecular weight is 211 g/mol. The first kappa shape index (κ1) is 11.1. The van der Waals surface area contributed by atoms with E-state index < -0.39 is 0 Å². The van der Waals surface area contributed by atoms with E-state index in [4.69, 9.17) is 9.47 Å². The van der Waals surface area contributed by atoms with Gasteiger partial charge >= 0.3 is 0 Å². The molecule has 3 nitrogen and oxygen atoms in total. The Balaban J connectivity index is 1.74. The lowest BCUT2D eigenvalue weighted by Gasteiger charge is -2.36. The fourth-order valence-electron chi connectivity index (χ4n) is 2.57. The number of nitrogens with zero attached hydrogens (tertiary/aromatic N) is 1. The van der Waals surface area contributed by atoms with Gasteiger partial charge in [0.15, 0.2) is 0 Å². The van der Waals surface area contributed by atoms with Crippen molar-refractivity contribution < 1.29 is 9.47 Å². The van der Waals surface area contributed by atoms with Crippen molar-refractivity contribution in [3.05, 3.63) is 12.7 Å². The van der Waals surface area contributed by atoms with E-state index in [9.17, 15) is 0 Å². The van der Waals surface area contributed by atoms with Crippen LogP contribution < -0.4 is 0 Å². The smallest absolute Gasteiger partial charge is 0.146 e. The number of likely N-dealkylation sites (tertiary alicyclic amines) is 1. The van der Waals surface area contributed by atoms with Gasteiger partial charge in [-0.25, -0.2) is 0 Å². The van der Waals surface area contributed by atoms with Gasteiger partial charge in [-0.05, 0) is 31.8 Å². The minimum absolute atomic E-state index is 0.492. The molecule has 0 atom stereocenters. The number of rotatable bonds is 3. The van der Waals surface area contributed by atoms with Crippen LogP contribution in [0.5, 0.6) is 0 Å². The molecule has 0 bridgehead atoms. The highest BCUT2D eigenvalue weighted by atomic mass is 16.7. The summed E-state index contributed by atoms with van der Waals surface area (Å²) >= 11 is 0. The highest BCUT2D eigenvalue weighted by Gasteiger charge is 2.28. The molecule has 0 aromatic heterocycles. The van der Waals surface area contributed by atoms with Gasteiger partial charge in [-0.15, -0.1) is 6.58 Å². The molecule has 2 saturated heterocycles. The van der Waals surface area contributed by atoms with E-state index in [1.165, 1.54) is 25.9 Å². The number of hydrogen-bond donors (Lipinski definition) is 0. The predicted octanol–water partition coefficient (Wildman–Crippen LogP) is 1.50. The van der Waals surface area contributed by atoms with Crippen molar-refractivity contribution >= 4 is 0 Å². The Morgan fingerprint density at radius 2 is 1.80 bits per heavy atom. The first-order valence-corrected chi connectivity index (χ1v) is 5.89. The molecule has 2 aliphatic heterocycles. The average Bonchev–Trinajstić information content (AvgIpc) is 2.32. The largest absolute Gasteiger partial charge is 0.355 e. The maximum absolute atomic E-state index is 5.36. The lowest BCUT2D eigenvalue weighted by atomic mass is 9.85. The third-order valence-electron chi connectivity index (χ3n) is 3.52. The maximum Gasteiger partial charge on any atom is 0.146 e. The summed E-state index contributed by atoms with van der Waals surface area (Å²) in [5.74, 6) is 1.43. The molecule has 15 heavy (non-hydrogen) atoms. The van der Waals surface area contributed by atoms with E-state index in [-0.39, 0.29) is 0 Å². The monoisotopic (exact) mass is 211 g/mol. The molecule has 0 aromatic rings. The van der Waals surface area contributed by atoms with Crippen LogP contribution in [-0.2, 0) is 9.47 Å². The van der Waals surface area contributed by atoms with E-state index in [1.54, 1.807) is 0 Å². The first-order valence-electron chi connectivity index (χ1n) is 5.89. The Kier molecular flexibility index (Phi) is 4.18. The van der Waals surface area contributed by atoms with E-state index in [2.05, 4.69) is 11.5 Å². The summed E-state index contributed by atoms with van der Waals surface area (Å²) in [5, 5.41) is 0. The Morgan fingerprint density at radius 1 is 1.13 bits per heavy atom. The molecule has 2 fully saturated rings. The molecule has 0 amide bonds. The predicted molar refractivity (Wildman–Crippen MR) is 59.6 cm³/mol. The van der Waals surface area contributed by atoms with Crippen LogP contribution in [0.25, 0.3) is 0 Å². The molecule has 2 aliphatic rings. The van der Waals surface area contributed by atoms with Gasteiger partial charge in [-0.2, -0.15) is 0 Å². The molecule has 0 aromatic carbocycles. The highest BCUT2D eigenvalue weighted by molar-refractivity contribution is 4.81. The second-order valence-electron chi connectivity index (χ2n) is 4.55. The Labute approximate surface area is 92.0 Å². The normalized spacial score (nSPS) is 26.7. The van der Waals surface area contributed by atoms with Crippen LogP contribution >= 0.6 is 0 Å². The van der Waals surface area contributed by atoms with Crippen LogP contribution in [0, 0.1) is 11.8 Å². The minimum atomic E-state index is 0.492. The van der Waals surface area contributed by atoms with Crippen molar-refractivity contribution in [1.82, 2.24) is 4.90 Å². The summed E-state index contributed by atoms with van der Waals surface area (Å²) in [6.45, 7) is 9.50. The van der Waals surface area contributed by atoms with Gasteiger partial charge < -0.3 is 9.47 Å². The Morgan fingerprint density at radius 3 is 2.40 bits per heavy atom. The zero-order valence-corrected chi connectivity index (χ0v) is 9.36. The summed E-state index contributed by atoms with van der Waals surface area (Å²) in [6, 6.07) is 0. The number of piperidine rings is 1. The van der Waals surface area contributed by atoms with Gasteiger partial charge in [-0.3, -0.25) is 4.90 Å². The molecule has 2 heterocycles. The Hall–Kier alpha value is -0.380. The zero-order chi connectivity index (χ0) is 10.5. The topological polar surface area (TPSA) is 21.7 Å². The lowest BCUT2D eigenvalue weighted by Crippen LogP contribution is -2.39. The summed E-state index contributed by atoms with van der Waals surface area (Å²) in [7, 11) is 0. The van der Waals surface area contributed by atoms with E-state index >= 15 is 0 Å². The molecule has 3 heteroatoms. The van der Waals surface area contributed by atoms with E-state index in [0.29, 0.717) is 12.7 Å². The van der Waals surface area contributed by atoms with Crippen molar-refractivity contribution in [2.45, 2.75) is 12.8 Å². The van der Waals surface area contributed by atoms with Crippen molar-refractivity contribution in [2.75, 3.05) is 39.6 Å². The standard InChI is InChI=1S/C12H21NO2/c1-2-5-13-6-3-11(4-7-13)12-8-14-10-15-9-12/h2,11-12H,1,3-10H2. The van der Waals surface area contributed by atoms with Gasteiger partial charge in [0.05, 0.1) is 13.2 Å². The van der Waals surface area contributed by atoms with Gasteiger partial charge in [-0.1, -0.05) is 6.08 Å². The number of hydrogen-bond acceptors (Lipinski definition) is 3. The summed E-state index contributed by atoms with van der Waals surface area (Å²) in [5.41, 5.74) is 0. The molecular weight excluding hydrogens is 190 g/mol. The van der Waals surface area contributed by atoms with Crippen LogP contribution in [-0.4, -0.2) is 44.5 Å². The lowest BCUT2D eigenvalue weighted by molar-refractivity contribution is -0.141. The molecule has 0 unspecified atom stereocenters. The molecule has 86 valence electrons. The second-order valence-corrected chi connectivity index (χ2v) is 4.55. The Bertz CT molecular complexity index is 194. The SMILES string of the molecule is C=CCN1CCC(C2COCOC2)CC1. The highest BCUT2D eigenvalue weighted by Crippen LogP contribution is 2.27. The quantitative estimate of drug-likeness (QED) is 0.660. The fraction of sp³-hybridized carbons (Fsp3) is 0.833. The molecule has 0 spiro atoms. The minimum Gasteiger partial charge on any atom is -0.355 e. The summed E-state index contributed by atoms with van der Waals surface area (Å²) in [4.78, 5) is 2.47. The summed E-state index contributed by atoms with van der Waals surface area (Å²) in [6.07, 6.45) is 4.56. The second kappa shape index (κ2) is 5.64. The van der Waals surface area contributed by atoms with Crippen molar-refractivity contribution in [3.63, 3.8) is 0 Å². The van der Waals surface area contributed by atoms with Gasteiger partial charge in [0.25, 0.3) is 0 Å². The van der Waals surface area contributed by atoms with E-state index in [0.717, 1.165) is 25.7 Å². The molecule has 0 N–H and O–H groups in total. The third-order valence-corrected chi connectivity index (χ3v) is 3.52. The van der Waals surface area contributed by atoms with Crippen molar-refractivity contribution in [3.8, 4) is 0 Å². The van der Waals surface area contributed by atoms with Crippen molar-refractivity contribution in [1.29, 1.82) is 0 Å². The first-order chi connectivity index (χ1) is 7.40. The van der Waals surface area contributed by atoms with Crippen molar-refractivity contribution in [2.24, 2.45) is 11.8 Å². The zero-order valence-electron chi connectivity index (χ0n) is 9.36. The van der Waals surface area contributed by atoms with Crippen LogP contribution in [0.4, 0.5) is 0 Å². The fourth-order valence-corrected chi connectivity index (χ4v) is 2.57. The van der Waals surface area contributed by atoms with Gasteiger partial charge in [0.1, 0.15) is 6.79 Å². The van der Waals surface area contributed by atoms with Crippen LogP contribution in [0.3, 0.4) is 0 Å². The molecule has 0 radical (unpaired) electrons. The van der Waals surface area contributed by atoms with E-state index in [1.807, 2.05) is 6.08 Å².